The first-order valence-electron chi connectivity index (χ1n) is 12.7. The van der Waals surface area contributed by atoms with Crippen molar-refractivity contribution in [2.75, 3.05) is 11.9 Å². The van der Waals surface area contributed by atoms with Gasteiger partial charge in [-0.1, -0.05) is 31.4 Å². The SMILES string of the molecule is O=C(NS(=O)(=O)c1ccc(NCC2CCCCC2)c([N+](=O)[O-])c1)c1ccccc1Oc1ccc2[nH]ccc2c1. The van der Waals surface area contributed by atoms with E-state index in [1.165, 1.54) is 24.6 Å². The summed E-state index contributed by atoms with van der Waals surface area (Å²) in [6, 6.07) is 17.1. The van der Waals surface area contributed by atoms with Crippen LogP contribution < -0.4 is 14.8 Å². The third-order valence-corrected chi connectivity index (χ3v) is 8.22. The van der Waals surface area contributed by atoms with Crippen LogP contribution in [0, 0.1) is 16.0 Å². The van der Waals surface area contributed by atoms with Crippen LogP contribution in [0.4, 0.5) is 11.4 Å². The zero-order valence-electron chi connectivity index (χ0n) is 21.1. The molecule has 1 aromatic heterocycles. The minimum Gasteiger partial charge on any atom is -0.457 e. The summed E-state index contributed by atoms with van der Waals surface area (Å²) in [5.74, 6) is 0.134. The Kier molecular flexibility index (Phi) is 7.51. The number of nitro benzene ring substituents is 1. The molecule has 1 amide bonds. The highest BCUT2D eigenvalue weighted by Crippen LogP contribution is 2.31. The van der Waals surface area contributed by atoms with E-state index in [0.29, 0.717) is 18.2 Å². The van der Waals surface area contributed by atoms with Gasteiger partial charge in [-0.15, -0.1) is 0 Å². The van der Waals surface area contributed by atoms with E-state index in [9.17, 15) is 23.3 Å². The van der Waals surface area contributed by atoms with E-state index < -0.39 is 20.9 Å². The van der Waals surface area contributed by atoms with E-state index >= 15 is 0 Å². The average molecular weight is 549 g/mol. The molecule has 4 aromatic rings. The van der Waals surface area contributed by atoms with E-state index in [1.807, 2.05) is 16.9 Å². The number of hydrogen-bond acceptors (Lipinski definition) is 7. The monoisotopic (exact) mass is 548 g/mol. The number of nitrogens with zero attached hydrogens (tertiary/aromatic N) is 1. The summed E-state index contributed by atoms with van der Waals surface area (Å²) in [7, 11) is -4.42. The minimum atomic E-state index is -4.42. The number of aromatic amines is 1. The Bertz CT molecular complexity index is 1630. The number of anilines is 1. The second-order valence-electron chi connectivity index (χ2n) is 9.58. The molecule has 39 heavy (non-hydrogen) atoms. The van der Waals surface area contributed by atoms with Crippen LogP contribution in [0.15, 0.2) is 77.8 Å². The van der Waals surface area contributed by atoms with Gasteiger partial charge in [0.15, 0.2) is 0 Å². The van der Waals surface area contributed by atoms with Crippen LogP contribution in [0.3, 0.4) is 0 Å². The number of carbonyl (C=O) groups is 1. The smallest absolute Gasteiger partial charge is 0.293 e. The van der Waals surface area contributed by atoms with Crippen molar-refractivity contribution in [1.82, 2.24) is 9.71 Å². The lowest BCUT2D eigenvalue weighted by molar-refractivity contribution is -0.384. The molecule has 0 aliphatic heterocycles. The second-order valence-corrected chi connectivity index (χ2v) is 11.3. The van der Waals surface area contributed by atoms with Crippen molar-refractivity contribution < 1.29 is 22.9 Å². The molecular weight excluding hydrogens is 520 g/mol. The van der Waals surface area contributed by atoms with E-state index in [-0.39, 0.29) is 27.6 Å². The number of amides is 1. The Morgan fingerprint density at radius 2 is 1.82 bits per heavy atom. The highest BCUT2D eigenvalue weighted by Gasteiger charge is 2.25. The molecule has 10 nitrogen and oxygen atoms in total. The number of benzene rings is 3. The molecule has 11 heteroatoms. The van der Waals surface area contributed by atoms with Crippen molar-refractivity contribution in [3.05, 3.63) is 88.6 Å². The van der Waals surface area contributed by atoms with Crippen LogP contribution in [-0.2, 0) is 10.0 Å². The number of aromatic nitrogens is 1. The molecule has 1 saturated carbocycles. The molecule has 1 aliphatic rings. The summed E-state index contributed by atoms with van der Waals surface area (Å²) < 4.78 is 34.1. The van der Waals surface area contributed by atoms with Gasteiger partial charge in [0.1, 0.15) is 17.2 Å². The number of hydrogen-bond donors (Lipinski definition) is 3. The number of carbonyl (C=O) groups excluding carboxylic acids is 1. The van der Waals surface area contributed by atoms with Crippen LogP contribution in [0.25, 0.3) is 10.9 Å². The predicted octanol–water partition coefficient (Wildman–Crippen LogP) is 5.98. The number of nitrogens with one attached hydrogen (secondary N) is 3. The van der Waals surface area contributed by atoms with Gasteiger partial charge in [0.05, 0.1) is 15.4 Å². The lowest BCUT2D eigenvalue weighted by atomic mass is 9.89. The maximum atomic E-state index is 13.1. The van der Waals surface area contributed by atoms with Gasteiger partial charge in [0, 0.05) is 29.7 Å². The van der Waals surface area contributed by atoms with Crippen LogP contribution in [0.5, 0.6) is 11.5 Å². The first-order chi connectivity index (χ1) is 18.8. The first kappa shape index (κ1) is 26.2. The Balaban J connectivity index is 1.33. The lowest BCUT2D eigenvalue weighted by Crippen LogP contribution is -2.31. The number of para-hydroxylation sites is 1. The summed E-state index contributed by atoms with van der Waals surface area (Å²) in [5, 5.41) is 15.8. The zero-order valence-corrected chi connectivity index (χ0v) is 21.9. The molecule has 3 N–H and O–H groups in total. The number of H-pyrrole nitrogens is 1. The standard InChI is InChI=1S/C28H28N4O6S/c33-28(23-8-4-5-9-27(23)38-21-10-12-24-20(16-21)14-15-29-24)31-39(36,37)22-11-13-25(26(17-22)32(34)35)30-18-19-6-2-1-3-7-19/h4-5,8-17,19,29-30H,1-3,6-7,18H2,(H,31,33). The van der Waals surface area contributed by atoms with Gasteiger partial charge in [-0.05, 0) is 67.3 Å². The molecule has 0 saturated heterocycles. The van der Waals surface area contributed by atoms with E-state index in [2.05, 4.69) is 10.3 Å². The van der Waals surface area contributed by atoms with Gasteiger partial charge in [-0.2, -0.15) is 0 Å². The van der Waals surface area contributed by atoms with Crippen molar-refractivity contribution in [2.45, 2.75) is 37.0 Å². The maximum Gasteiger partial charge on any atom is 0.293 e. The van der Waals surface area contributed by atoms with Crippen molar-refractivity contribution >= 4 is 38.2 Å². The molecular formula is C28H28N4O6S. The molecule has 1 heterocycles. The first-order valence-corrected chi connectivity index (χ1v) is 14.2. The Morgan fingerprint density at radius 1 is 1.03 bits per heavy atom. The van der Waals surface area contributed by atoms with Gasteiger partial charge in [-0.25, -0.2) is 13.1 Å². The number of fused-ring (bicyclic) bond motifs is 1. The lowest BCUT2D eigenvalue weighted by Gasteiger charge is -2.22. The molecule has 202 valence electrons. The van der Waals surface area contributed by atoms with Crippen molar-refractivity contribution in [3.63, 3.8) is 0 Å². The number of sulfonamides is 1. The molecule has 5 rings (SSSR count). The number of ether oxygens (including phenoxy) is 1. The Hall–Kier alpha value is -4.38. The summed E-state index contributed by atoms with van der Waals surface area (Å²) >= 11 is 0. The largest absolute Gasteiger partial charge is 0.457 e. The molecule has 0 bridgehead atoms. The Morgan fingerprint density at radius 3 is 2.62 bits per heavy atom. The van der Waals surface area contributed by atoms with Crippen molar-refractivity contribution in [3.8, 4) is 11.5 Å². The summed E-state index contributed by atoms with van der Waals surface area (Å²) in [5.41, 5.74) is 0.790. The number of rotatable bonds is 9. The minimum absolute atomic E-state index is 0.00416. The van der Waals surface area contributed by atoms with Gasteiger partial charge in [0.25, 0.3) is 21.6 Å². The highest BCUT2D eigenvalue weighted by molar-refractivity contribution is 7.90. The third kappa shape index (κ3) is 6.04. The predicted molar refractivity (Wildman–Crippen MR) is 148 cm³/mol. The third-order valence-electron chi connectivity index (χ3n) is 6.89. The second kappa shape index (κ2) is 11.2. The highest BCUT2D eigenvalue weighted by atomic mass is 32.2. The van der Waals surface area contributed by atoms with Gasteiger partial charge >= 0.3 is 0 Å². The molecule has 0 spiro atoms. The van der Waals surface area contributed by atoms with E-state index in [4.69, 9.17) is 4.74 Å². The van der Waals surface area contributed by atoms with E-state index in [0.717, 1.165) is 42.7 Å². The Labute approximate surface area is 225 Å². The maximum absolute atomic E-state index is 13.1. The molecule has 1 fully saturated rings. The topological polar surface area (TPSA) is 143 Å². The fraction of sp³-hybridized carbons (Fsp3) is 0.250. The van der Waals surface area contributed by atoms with Gasteiger partial charge < -0.3 is 15.0 Å². The summed E-state index contributed by atoms with van der Waals surface area (Å²) in [6.45, 7) is 0.581. The van der Waals surface area contributed by atoms with Crippen LogP contribution in [0.1, 0.15) is 42.5 Å². The molecule has 0 unspecified atom stereocenters. The van der Waals surface area contributed by atoms with Crippen LogP contribution in [-0.4, -0.2) is 30.8 Å². The average Bonchev–Trinajstić information content (AvgIpc) is 3.40. The van der Waals surface area contributed by atoms with Crippen LogP contribution >= 0.6 is 0 Å². The van der Waals surface area contributed by atoms with Crippen molar-refractivity contribution in [1.29, 1.82) is 0 Å². The zero-order chi connectivity index (χ0) is 27.4. The fourth-order valence-electron chi connectivity index (χ4n) is 4.83. The van der Waals surface area contributed by atoms with Gasteiger partial charge in [0.2, 0.25) is 0 Å². The van der Waals surface area contributed by atoms with E-state index in [1.54, 1.807) is 36.5 Å². The molecule has 0 radical (unpaired) electrons. The normalized spacial score (nSPS) is 14.2. The van der Waals surface area contributed by atoms with Gasteiger partial charge in [-0.3, -0.25) is 14.9 Å². The summed E-state index contributed by atoms with van der Waals surface area (Å²) in [4.78, 5) is 26.9. The molecule has 0 atom stereocenters. The number of nitro groups is 1. The van der Waals surface area contributed by atoms with Crippen molar-refractivity contribution in [2.24, 2.45) is 5.92 Å². The summed E-state index contributed by atoms with van der Waals surface area (Å²) in [6.07, 6.45) is 7.40. The fourth-order valence-corrected chi connectivity index (χ4v) is 5.81. The molecule has 3 aromatic carbocycles. The van der Waals surface area contributed by atoms with Crippen LogP contribution in [0.2, 0.25) is 0 Å². The molecule has 1 aliphatic carbocycles. The quantitative estimate of drug-likeness (QED) is 0.172.